The van der Waals surface area contributed by atoms with E-state index in [1.165, 1.54) is 6.92 Å². The average molecular weight is 258 g/mol. The predicted octanol–water partition coefficient (Wildman–Crippen LogP) is 1.81. The molecule has 9 heavy (non-hydrogen) atoms. The van der Waals surface area contributed by atoms with Crippen molar-refractivity contribution >= 4 is 37.8 Å². The number of hydrogen-bond donors (Lipinski definition) is 0. The van der Waals surface area contributed by atoms with Gasteiger partial charge in [0.05, 0.1) is 0 Å². The zero-order valence-electron chi connectivity index (χ0n) is 4.86. The van der Waals surface area contributed by atoms with Gasteiger partial charge < -0.3 is 4.74 Å². The van der Waals surface area contributed by atoms with Gasteiger partial charge in [-0.2, -0.15) is 0 Å². The van der Waals surface area contributed by atoms with Crippen LogP contribution in [0.25, 0.3) is 0 Å². The van der Waals surface area contributed by atoms with E-state index in [-0.39, 0.29) is 15.3 Å². The van der Waals surface area contributed by atoms with Crippen LogP contribution in [-0.2, 0) is 9.53 Å². The third-order valence-corrected chi connectivity index (χ3v) is 2.75. The number of rotatable bonds is 1. The SMILES string of the molecule is CC(=O)O[C@H]1CC1(Br)Br. The fraction of sp³-hybridized carbons (Fsp3) is 0.800. The molecule has 0 aromatic heterocycles. The second-order valence-electron chi connectivity index (χ2n) is 2.06. The standard InChI is InChI=1S/C5H6Br2O2/c1-3(8)9-4-2-5(4,6)7/h4H,2H2,1H3/t4-/m0/s1. The monoisotopic (exact) mass is 256 g/mol. The van der Waals surface area contributed by atoms with Crippen LogP contribution in [0.2, 0.25) is 0 Å². The van der Waals surface area contributed by atoms with Gasteiger partial charge in [-0.3, -0.25) is 4.79 Å². The molecule has 0 unspecified atom stereocenters. The molecule has 0 N–H and O–H groups in total. The van der Waals surface area contributed by atoms with Crippen LogP contribution in [0.5, 0.6) is 0 Å². The van der Waals surface area contributed by atoms with E-state index in [1.54, 1.807) is 0 Å². The van der Waals surface area contributed by atoms with Crippen LogP contribution in [0.3, 0.4) is 0 Å². The Bertz CT molecular complexity index is 144. The van der Waals surface area contributed by atoms with Crippen molar-refractivity contribution in [2.45, 2.75) is 22.7 Å². The van der Waals surface area contributed by atoms with Gasteiger partial charge in [-0.1, -0.05) is 31.9 Å². The Morgan fingerprint density at radius 1 is 1.78 bits per heavy atom. The first-order chi connectivity index (χ1) is 4.02. The van der Waals surface area contributed by atoms with Crippen molar-refractivity contribution in [2.24, 2.45) is 0 Å². The van der Waals surface area contributed by atoms with Gasteiger partial charge in [0.15, 0.2) is 0 Å². The Kier molecular flexibility index (Phi) is 1.87. The summed E-state index contributed by atoms with van der Waals surface area (Å²) in [6, 6.07) is 0. The van der Waals surface area contributed by atoms with Gasteiger partial charge in [-0.25, -0.2) is 0 Å². The van der Waals surface area contributed by atoms with Crippen LogP contribution in [0.15, 0.2) is 0 Å². The van der Waals surface area contributed by atoms with E-state index in [1.807, 2.05) is 0 Å². The van der Waals surface area contributed by atoms with Gasteiger partial charge in [0.25, 0.3) is 0 Å². The van der Waals surface area contributed by atoms with Crippen molar-refractivity contribution in [3.8, 4) is 0 Å². The number of carbonyl (C=O) groups is 1. The molecule has 1 atom stereocenters. The molecule has 0 radical (unpaired) electrons. The second kappa shape index (κ2) is 2.23. The van der Waals surface area contributed by atoms with Crippen LogP contribution >= 0.6 is 31.9 Å². The topological polar surface area (TPSA) is 26.3 Å². The minimum Gasteiger partial charge on any atom is -0.460 e. The zero-order valence-corrected chi connectivity index (χ0v) is 8.03. The van der Waals surface area contributed by atoms with Gasteiger partial charge in [0.2, 0.25) is 0 Å². The summed E-state index contributed by atoms with van der Waals surface area (Å²) in [7, 11) is 0. The normalized spacial score (nSPS) is 29.4. The largest absolute Gasteiger partial charge is 0.460 e. The second-order valence-corrected chi connectivity index (χ2v) is 5.96. The third kappa shape index (κ3) is 1.93. The van der Waals surface area contributed by atoms with Crippen molar-refractivity contribution in [1.29, 1.82) is 0 Å². The first kappa shape index (κ1) is 7.54. The lowest BCUT2D eigenvalue weighted by Crippen LogP contribution is -2.05. The number of alkyl halides is 2. The molecule has 52 valence electrons. The number of halogens is 2. The molecular weight excluding hydrogens is 252 g/mol. The number of hydrogen-bond acceptors (Lipinski definition) is 2. The fourth-order valence-corrected chi connectivity index (χ4v) is 1.29. The van der Waals surface area contributed by atoms with Crippen LogP contribution in [0.4, 0.5) is 0 Å². The molecule has 0 saturated heterocycles. The maximum Gasteiger partial charge on any atom is 0.302 e. The van der Waals surface area contributed by atoms with Crippen LogP contribution < -0.4 is 0 Å². The number of esters is 1. The summed E-state index contributed by atoms with van der Waals surface area (Å²) in [6.07, 6.45) is 0.877. The molecule has 0 amide bonds. The van der Waals surface area contributed by atoms with E-state index in [0.717, 1.165) is 6.42 Å². The van der Waals surface area contributed by atoms with Crippen LogP contribution in [0, 0.1) is 0 Å². The Balaban J connectivity index is 2.28. The predicted molar refractivity (Wildman–Crippen MR) is 40.8 cm³/mol. The quantitative estimate of drug-likeness (QED) is 0.529. The summed E-state index contributed by atoms with van der Waals surface area (Å²) >= 11 is 6.64. The molecule has 0 aliphatic heterocycles. The molecule has 0 spiro atoms. The highest BCUT2D eigenvalue weighted by Crippen LogP contribution is 2.52. The Morgan fingerprint density at radius 3 is 2.33 bits per heavy atom. The molecule has 2 nitrogen and oxygen atoms in total. The molecule has 1 aliphatic carbocycles. The van der Waals surface area contributed by atoms with Gasteiger partial charge in [0.1, 0.15) is 9.34 Å². The summed E-state index contributed by atoms with van der Waals surface area (Å²) in [5, 5.41) is 0. The van der Waals surface area contributed by atoms with Crippen LogP contribution in [0.1, 0.15) is 13.3 Å². The van der Waals surface area contributed by atoms with E-state index in [9.17, 15) is 4.79 Å². The lowest BCUT2D eigenvalue weighted by molar-refractivity contribution is -0.142. The minimum absolute atomic E-state index is 0.0231. The van der Waals surface area contributed by atoms with E-state index in [2.05, 4.69) is 31.9 Å². The number of carbonyl (C=O) groups excluding carboxylic acids is 1. The van der Waals surface area contributed by atoms with Crippen molar-refractivity contribution in [1.82, 2.24) is 0 Å². The molecular formula is C5H6Br2O2. The summed E-state index contributed by atoms with van der Waals surface area (Å²) in [4.78, 5) is 10.3. The molecule has 0 aromatic rings. The minimum atomic E-state index is -0.222. The van der Waals surface area contributed by atoms with Crippen molar-refractivity contribution in [2.75, 3.05) is 0 Å². The average Bonchev–Trinajstić information content (AvgIpc) is 2.10. The summed E-state index contributed by atoms with van der Waals surface area (Å²) in [6.45, 7) is 1.41. The Hall–Kier alpha value is 0.430. The third-order valence-electron chi connectivity index (χ3n) is 1.08. The van der Waals surface area contributed by atoms with Gasteiger partial charge >= 0.3 is 5.97 Å². The molecule has 1 rings (SSSR count). The molecule has 1 aliphatic rings. The molecule has 1 fully saturated rings. The maximum absolute atomic E-state index is 10.3. The fourth-order valence-electron chi connectivity index (χ4n) is 0.516. The van der Waals surface area contributed by atoms with Gasteiger partial charge in [0, 0.05) is 13.3 Å². The van der Waals surface area contributed by atoms with Crippen molar-refractivity contribution in [3.63, 3.8) is 0 Å². The van der Waals surface area contributed by atoms with E-state index in [4.69, 9.17) is 4.74 Å². The Labute approximate surface area is 70.2 Å². The van der Waals surface area contributed by atoms with E-state index >= 15 is 0 Å². The molecule has 4 heteroatoms. The lowest BCUT2D eigenvalue weighted by atomic mass is 10.7. The van der Waals surface area contributed by atoms with E-state index in [0.29, 0.717) is 0 Å². The molecule has 0 heterocycles. The molecule has 1 saturated carbocycles. The zero-order chi connectivity index (χ0) is 7.07. The molecule has 0 bridgehead atoms. The highest BCUT2D eigenvalue weighted by molar-refractivity contribution is 9.25. The first-order valence-corrected chi connectivity index (χ1v) is 4.16. The summed E-state index contributed by atoms with van der Waals surface area (Å²) in [5.41, 5.74) is 0. The Morgan fingerprint density at radius 2 is 2.22 bits per heavy atom. The smallest absolute Gasteiger partial charge is 0.302 e. The van der Waals surface area contributed by atoms with Crippen molar-refractivity contribution < 1.29 is 9.53 Å². The number of ether oxygens (including phenoxy) is 1. The highest BCUT2D eigenvalue weighted by Gasteiger charge is 2.53. The van der Waals surface area contributed by atoms with Crippen molar-refractivity contribution in [3.05, 3.63) is 0 Å². The van der Waals surface area contributed by atoms with Crippen LogP contribution in [-0.4, -0.2) is 15.3 Å². The molecule has 0 aromatic carbocycles. The highest BCUT2D eigenvalue weighted by atomic mass is 79.9. The van der Waals surface area contributed by atoms with E-state index < -0.39 is 0 Å². The first-order valence-electron chi connectivity index (χ1n) is 2.57. The van der Waals surface area contributed by atoms with Gasteiger partial charge in [-0.15, -0.1) is 0 Å². The summed E-state index contributed by atoms with van der Waals surface area (Å²) in [5.74, 6) is -0.222. The lowest BCUT2D eigenvalue weighted by Gasteiger charge is -1.98. The maximum atomic E-state index is 10.3. The summed E-state index contributed by atoms with van der Waals surface area (Å²) < 4.78 is 4.72. The van der Waals surface area contributed by atoms with Gasteiger partial charge in [-0.05, 0) is 0 Å².